The predicted molar refractivity (Wildman–Crippen MR) is 107 cm³/mol. The first-order chi connectivity index (χ1) is 13.7. The smallest absolute Gasteiger partial charge is 0.250 e. The van der Waals surface area contributed by atoms with E-state index >= 15 is 0 Å². The number of pyridine rings is 1. The molecule has 1 aliphatic carbocycles. The highest BCUT2D eigenvalue weighted by atomic mass is 35.5. The van der Waals surface area contributed by atoms with Crippen molar-refractivity contribution in [2.75, 3.05) is 0 Å². The number of hydrogen-bond acceptors (Lipinski definition) is 5. The van der Waals surface area contributed by atoms with E-state index in [9.17, 15) is 4.79 Å². The summed E-state index contributed by atoms with van der Waals surface area (Å²) in [6.45, 7) is 0. The molecular formula is C21H22ClN5O. The standard InChI is InChI=1S/C21H22ClN5O/c22-19-17(15-27(26-19)20-24-12-5-13-25-20)18(28)7-10-21(8-2-1-3-9-21)16-6-4-11-23-14-16/h4-6,11-15H,1-3,7-10H2. The first-order valence-electron chi connectivity index (χ1n) is 9.64. The van der Waals surface area contributed by atoms with E-state index in [0.717, 1.165) is 19.3 Å². The van der Waals surface area contributed by atoms with Crippen LogP contribution in [0.5, 0.6) is 0 Å². The molecule has 1 fully saturated rings. The van der Waals surface area contributed by atoms with Gasteiger partial charge in [0.15, 0.2) is 10.9 Å². The van der Waals surface area contributed by atoms with Gasteiger partial charge in [-0.2, -0.15) is 5.10 Å². The second-order valence-electron chi connectivity index (χ2n) is 7.33. The van der Waals surface area contributed by atoms with Crippen LogP contribution in [0.15, 0.2) is 49.2 Å². The van der Waals surface area contributed by atoms with Gasteiger partial charge in [0.05, 0.1) is 5.56 Å². The first-order valence-corrected chi connectivity index (χ1v) is 10.0. The summed E-state index contributed by atoms with van der Waals surface area (Å²) >= 11 is 6.24. The highest BCUT2D eigenvalue weighted by Gasteiger charge is 2.34. The quantitative estimate of drug-likeness (QED) is 0.571. The Balaban J connectivity index is 1.52. The van der Waals surface area contributed by atoms with Crippen molar-refractivity contribution in [3.05, 3.63) is 65.5 Å². The summed E-state index contributed by atoms with van der Waals surface area (Å²) in [6, 6.07) is 5.84. The van der Waals surface area contributed by atoms with Crippen molar-refractivity contribution in [2.45, 2.75) is 50.4 Å². The SMILES string of the molecule is O=C(CCC1(c2cccnc2)CCCCC1)c1cn(-c2ncccn2)nc1Cl. The maximum atomic E-state index is 12.9. The number of hydrogen-bond donors (Lipinski definition) is 0. The molecule has 1 saturated carbocycles. The minimum Gasteiger partial charge on any atom is -0.294 e. The average Bonchev–Trinajstić information content (AvgIpc) is 3.16. The highest BCUT2D eigenvalue weighted by Crippen LogP contribution is 2.43. The van der Waals surface area contributed by atoms with Gasteiger partial charge in [0.1, 0.15) is 0 Å². The van der Waals surface area contributed by atoms with E-state index in [1.807, 2.05) is 12.3 Å². The molecule has 0 N–H and O–H groups in total. The van der Waals surface area contributed by atoms with Gasteiger partial charge in [0.25, 0.3) is 0 Å². The average molecular weight is 396 g/mol. The lowest BCUT2D eigenvalue weighted by molar-refractivity contribution is 0.0963. The van der Waals surface area contributed by atoms with Crippen LogP contribution in [0.4, 0.5) is 0 Å². The van der Waals surface area contributed by atoms with Gasteiger partial charge in [0.2, 0.25) is 5.95 Å². The molecule has 1 aliphatic rings. The first kappa shape index (κ1) is 18.7. The lowest BCUT2D eigenvalue weighted by Crippen LogP contribution is -2.30. The van der Waals surface area contributed by atoms with Crippen LogP contribution in [-0.2, 0) is 5.41 Å². The summed E-state index contributed by atoms with van der Waals surface area (Å²) in [5, 5.41) is 4.39. The van der Waals surface area contributed by atoms with E-state index in [2.05, 4.69) is 26.1 Å². The molecule has 0 bridgehead atoms. The van der Waals surface area contributed by atoms with Gasteiger partial charge in [0, 0.05) is 37.4 Å². The van der Waals surface area contributed by atoms with Gasteiger partial charge in [-0.05, 0) is 42.4 Å². The van der Waals surface area contributed by atoms with Crippen molar-refractivity contribution in [3.63, 3.8) is 0 Å². The number of rotatable bonds is 6. The van der Waals surface area contributed by atoms with Gasteiger partial charge in [-0.15, -0.1) is 0 Å². The van der Waals surface area contributed by atoms with Crippen LogP contribution in [0.3, 0.4) is 0 Å². The fourth-order valence-corrected chi connectivity index (χ4v) is 4.36. The van der Waals surface area contributed by atoms with Crippen LogP contribution in [0.1, 0.15) is 60.9 Å². The number of Topliss-reactive ketones (excluding diaryl/α,β-unsaturated/α-hetero) is 1. The third kappa shape index (κ3) is 3.83. The van der Waals surface area contributed by atoms with Gasteiger partial charge in [-0.1, -0.05) is 36.9 Å². The van der Waals surface area contributed by atoms with E-state index in [1.165, 1.54) is 29.5 Å². The number of carbonyl (C=O) groups excluding carboxylic acids is 1. The second-order valence-corrected chi connectivity index (χ2v) is 7.69. The third-order valence-corrected chi connectivity index (χ3v) is 5.92. The zero-order chi connectivity index (χ0) is 19.4. The fourth-order valence-electron chi connectivity index (χ4n) is 4.13. The van der Waals surface area contributed by atoms with Gasteiger partial charge < -0.3 is 0 Å². The molecule has 3 aromatic heterocycles. The van der Waals surface area contributed by atoms with Crippen molar-refractivity contribution in [1.29, 1.82) is 0 Å². The molecule has 4 rings (SSSR count). The molecule has 0 spiro atoms. The zero-order valence-corrected chi connectivity index (χ0v) is 16.3. The molecule has 0 unspecified atom stereocenters. The van der Waals surface area contributed by atoms with Crippen LogP contribution in [0, 0.1) is 0 Å². The fraction of sp³-hybridized carbons (Fsp3) is 0.381. The van der Waals surface area contributed by atoms with E-state index in [-0.39, 0.29) is 16.4 Å². The van der Waals surface area contributed by atoms with E-state index < -0.39 is 0 Å². The molecule has 7 heteroatoms. The zero-order valence-electron chi connectivity index (χ0n) is 15.6. The van der Waals surface area contributed by atoms with Crippen molar-refractivity contribution >= 4 is 17.4 Å². The van der Waals surface area contributed by atoms with Gasteiger partial charge >= 0.3 is 0 Å². The van der Waals surface area contributed by atoms with Crippen molar-refractivity contribution in [2.24, 2.45) is 0 Å². The summed E-state index contributed by atoms with van der Waals surface area (Å²) in [6.07, 6.45) is 15.7. The molecule has 28 heavy (non-hydrogen) atoms. The topological polar surface area (TPSA) is 73.6 Å². The lowest BCUT2D eigenvalue weighted by atomic mass is 9.67. The molecular weight excluding hydrogens is 374 g/mol. The monoisotopic (exact) mass is 395 g/mol. The summed E-state index contributed by atoms with van der Waals surface area (Å²) in [7, 11) is 0. The summed E-state index contributed by atoms with van der Waals surface area (Å²) in [5.41, 5.74) is 1.68. The minimum atomic E-state index is 0.000944. The van der Waals surface area contributed by atoms with Gasteiger partial charge in [-0.3, -0.25) is 9.78 Å². The minimum absolute atomic E-state index is 0.000944. The van der Waals surface area contributed by atoms with Crippen molar-refractivity contribution in [1.82, 2.24) is 24.7 Å². The van der Waals surface area contributed by atoms with Crippen molar-refractivity contribution in [3.8, 4) is 5.95 Å². The van der Waals surface area contributed by atoms with Crippen LogP contribution in [-0.4, -0.2) is 30.5 Å². The Morgan fingerprint density at radius 3 is 2.61 bits per heavy atom. The van der Waals surface area contributed by atoms with Crippen LogP contribution >= 0.6 is 11.6 Å². The Kier molecular flexibility index (Phi) is 5.48. The molecule has 0 aromatic carbocycles. The van der Waals surface area contributed by atoms with Gasteiger partial charge in [-0.25, -0.2) is 14.6 Å². The molecule has 0 atom stereocenters. The predicted octanol–water partition coefficient (Wildman–Crippen LogP) is 4.58. The van der Waals surface area contributed by atoms with Crippen LogP contribution in [0.2, 0.25) is 5.15 Å². The Bertz CT molecular complexity index is 936. The third-order valence-electron chi connectivity index (χ3n) is 5.64. The summed E-state index contributed by atoms with van der Waals surface area (Å²) in [4.78, 5) is 25.5. The molecule has 0 aliphatic heterocycles. The maximum Gasteiger partial charge on any atom is 0.250 e. The molecule has 144 valence electrons. The Morgan fingerprint density at radius 2 is 1.89 bits per heavy atom. The molecule has 0 amide bonds. The van der Waals surface area contributed by atoms with Crippen LogP contribution < -0.4 is 0 Å². The lowest BCUT2D eigenvalue weighted by Gasteiger charge is -2.37. The number of ketones is 1. The molecule has 0 radical (unpaired) electrons. The Hall–Kier alpha value is -2.60. The molecule has 3 heterocycles. The number of carbonyl (C=O) groups is 1. The molecule has 0 saturated heterocycles. The van der Waals surface area contributed by atoms with E-state index in [1.54, 1.807) is 30.9 Å². The number of nitrogens with zero attached hydrogens (tertiary/aromatic N) is 5. The number of aromatic nitrogens is 5. The van der Waals surface area contributed by atoms with Crippen LogP contribution in [0.25, 0.3) is 5.95 Å². The molecule has 3 aromatic rings. The normalized spacial score (nSPS) is 16.0. The maximum absolute atomic E-state index is 12.9. The highest BCUT2D eigenvalue weighted by molar-refractivity contribution is 6.32. The Morgan fingerprint density at radius 1 is 1.11 bits per heavy atom. The second kappa shape index (κ2) is 8.19. The summed E-state index contributed by atoms with van der Waals surface area (Å²) < 4.78 is 1.45. The number of halogens is 1. The van der Waals surface area contributed by atoms with Crippen molar-refractivity contribution < 1.29 is 4.79 Å². The van der Waals surface area contributed by atoms with E-state index in [0.29, 0.717) is 17.9 Å². The Labute approximate surface area is 169 Å². The summed E-state index contributed by atoms with van der Waals surface area (Å²) in [5.74, 6) is 0.392. The van der Waals surface area contributed by atoms with E-state index in [4.69, 9.17) is 11.6 Å². The largest absolute Gasteiger partial charge is 0.294 e. The molecule has 6 nitrogen and oxygen atoms in total.